The number of carbonyl (C=O) groups excluding carboxylic acids is 3. The maximum absolute atomic E-state index is 14.7. The van der Waals surface area contributed by atoms with E-state index in [1.807, 2.05) is 32.0 Å². The maximum atomic E-state index is 14.7. The molecule has 1 N–H and O–H groups in total. The molecule has 7 nitrogen and oxygen atoms in total. The van der Waals surface area contributed by atoms with E-state index >= 15 is 0 Å². The minimum atomic E-state index is -0.695. The number of ether oxygens (including phenoxy) is 1. The van der Waals surface area contributed by atoms with Gasteiger partial charge in [-0.25, -0.2) is 0 Å². The van der Waals surface area contributed by atoms with Crippen LogP contribution in [-0.4, -0.2) is 70.1 Å². The molecule has 3 heterocycles. The van der Waals surface area contributed by atoms with Crippen LogP contribution < -0.4 is 4.90 Å². The Balaban J connectivity index is 1.76. The number of aliphatic hydroxyl groups is 1. The standard InChI is InChI=1S/C31H42N2O5S/c1-6-14-32(23-18-20(3)12-13-21(23)4)29(36)27-31-22(5)19-24(39-31)25(30(37)38-17-7-2)26(31)28(35)33(27)15-10-8-9-11-16-34/h6-7,12-13,18,22,24-27,34H,1-2,8-11,14-17,19H2,3-5H3/t22?,24-,25+,26+,27?,31?/m1/s1. The molecule has 39 heavy (non-hydrogen) atoms. The Morgan fingerprint density at radius 2 is 1.95 bits per heavy atom. The summed E-state index contributed by atoms with van der Waals surface area (Å²) >= 11 is 1.66. The molecule has 1 spiro atoms. The Bertz CT molecular complexity index is 1120. The Labute approximate surface area is 236 Å². The van der Waals surface area contributed by atoms with Gasteiger partial charge in [0, 0.05) is 30.6 Å². The summed E-state index contributed by atoms with van der Waals surface area (Å²) in [6.45, 7) is 14.7. The lowest BCUT2D eigenvalue weighted by Crippen LogP contribution is -2.57. The first-order chi connectivity index (χ1) is 18.7. The molecule has 3 unspecified atom stereocenters. The van der Waals surface area contributed by atoms with E-state index in [2.05, 4.69) is 20.1 Å². The van der Waals surface area contributed by atoms with Crippen LogP contribution in [0.5, 0.6) is 0 Å². The average Bonchev–Trinajstić information content (AvgIpc) is 3.50. The molecule has 3 saturated heterocycles. The number of fused-ring (bicyclic) bond motifs is 1. The number of likely N-dealkylation sites (tertiary alicyclic amines) is 1. The quantitative estimate of drug-likeness (QED) is 0.220. The minimum Gasteiger partial charge on any atom is -0.461 e. The van der Waals surface area contributed by atoms with Gasteiger partial charge in [0.25, 0.3) is 5.91 Å². The molecule has 4 rings (SSSR count). The molecule has 0 aliphatic carbocycles. The predicted molar refractivity (Wildman–Crippen MR) is 156 cm³/mol. The molecule has 3 aliphatic rings. The number of rotatable bonds is 13. The van der Waals surface area contributed by atoms with E-state index in [9.17, 15) is 19.5 Å². The summed E-state index contributed by atoms with van der Waals surface area (Å²) in [5, 5.41) is 9.12. The molecule has 2 amide bonds. The van der Waals surface area contributed by atoms with E-state index in [4.69, 9.17) is 4.74 Å². The Kier molecular flexibility index (Phi) is 9.27. The lowest BCUT2D eigenvalue weighted by atomic mass is 9.66. The van der Waals surface area contributed by atoms with Gasteiger partial charge in [0.15, 0.2) is 0 Å². The molecular weight excluding hydrogens is 512 g/mol. The lowest BCUT2D eigenvalue weighted by Gasteiger charge is -2.40. The molecule has 1 aromatic rings. The molecule has 8 heteroatoms. The van der Waals surface area contributed by atoms with Crippen LogP contribution in [-0.2, 0) is 19.1 Å². The second kappa shape index (κ2) is 12.3. The van der Waals surface area contributed by atoms with Crippen molar-refractivity contribution in [2.75, 3.05) is 31.2 Å². The monoisotopic (exact) mass is 554 g/mol. The summed E-state index contributed by atoms with van der Waals surface area (Å²) < 4.78 is 4.79. The maximum Gasteiger partial charge on any atom is 0.311 e. The van der Waals surface area contributed by atoms with Gasteiger partial charge < -0.3 is 19.6 Å². The van der Waals surface area contributed by atoms with E-state index in [0.29, 0.717) is 19.5 Å². The SMILES string of the molecule is C=CCOC(=O)[C@@H]1[C@H]2C(=O)N(CCCCCCO)C(C(=O)N(CC=C)c3cc(C)ccc3C)C23S[C@@H]1CC3C. The molecule has 3 aliphatic heterocycles. The van der Waals surface area contributed by atoms with Gasteiger partial charge in [-0.1, -0.05) is 50.6 Å². The molecule has 0 radical (unpaired) electrons. The van der Waals surface area contributed by atoms with Gasteiger partial charge in [0.2, 0.25) is 5.91 Å². The predicted octanol–water partition coefficient (Wildman–Crippen LogP) is 4.44. The first kappa shape index (κ1) is 29.4. The third-order valence-corrected chi connectivity index (χ3v) is 10.7. The molecular formula is C31H42N2O5S. The van der Waals surface area contributed by atoms with Crippen LogP contribution in [0.3, 0.4) is 0 Å². The van der Waals surface area contributed by atoms with Gasteiger partial charge in [-0.05, 0) is 56.2 Å². The van der Waals surface area contributed by atoms with E-state index in [1.54, 1.807) is 27.6 Å². The smallest absolute Gasteiger partial charge is 0.311 e. The van der Waals surface area contributed by atoms with Gasteiger partial charge in [0.1, 0.15) is 12.6 Å². The fourth-order valence-corrected chi connectivity index (χ4v) is 9.29. The third kappa shape index (κ3) is 5.18. The zero-order valence-electron chi connectivity index (χ0n) is 23.4. The number of unbranched alkanes of at least 4 members (excludes halogenated alkanes) is 3. The van der Waals surface area contributed by atoms with Crippen molar-refractivity contribution in [1.82, 2.24) is 4.90 Å². The molecule has 6 atom stereocenters. The molecule has 3 fully saturated rings. The Hall–Kier alpha value is -2.58. The summed E-state index contributed by atoms with van der Waals surface area (Å²) in [5.74, 6) is -1.67. The van der Waals surface area contributed by atoms with Crippen molar-refractivity contribution < 1.29 is 24.2 Å². The highest BCUT2D eigenvalue weighted by Crippen LogP contribution is 2.68. The summed E-state index contributed by atoms with van der Waals surface area (Å²) in [6.07, 6.45) is 7.19. The number of esters is 1. The summed E-state index contributed by atoms with van der Waals surface area (Å²) in [5.41, 5.74) is 2.85. The van der Waals surface area contributed by atoms with Crippen LogP contribution in [0.15, 0.2) is 43.5 Å². The van der Waals surface area contributed by atoms with Crippen molar-refractivity contribution >= 4 is 35.2 Å². The van der Waals surface area contributed by atoms with Crippen molar-refractivity contribution in [3.63, 3.8) is 0 Å². The van der Waals surface area contributed by atoms with E-state index < -0.39 is 22.6 Å². The fourth-order valence-electron chi connectivity index (χ4n) is 6.89. The number of hydrogen-bond donors (Lipinski definition) is 1. The average molecular weight is 555 g/mol. The van der Waals surface area contributed by atoms with E-state index in [0.717, 1.165) is 42.5 Å². The van der Waals surface area contributed by atoms with Gasteiger partial charge in [0.05, 0.1) is 16.6 Å². The Morgan fingerprint density at radius 1 is 1.21 bits per heavy atom. The van der Waals surface area contributed by atoms with Crippen molar-refractivity contribution in [3.8, 4) is 0 Å². The molecule has 2 bridgehead atoms. The molecule has 212 valence electrons. The van der Waals surface area contributed by atoms with Crippen molar-refractivity contribution in [2.45, 2.75) is 68.9 Å². The van der Waals surface area contributed by atoms with Gasteiger partial charge in [-0.3, -0.25) is 14.4 Å². The molecule has 0 aromatic heterocycles. The lowest BCUT2D eigenvalue weighted by molar-refractivity contribution is -0.153. The summed E-state index contributed by atoms with van der Waals surface area (Å²) in [7, 11) is 0. The second-order valence-corrected chi connectivity index (χ2v) is 12.7. The number of anilines is 1. The molecule has 1 aromatic carbocycles. The highest BCUT2D eigenvalue weighted by Gasteiger charge is 2.76. The van der Waals surface area contributed by atoms with Crippen molar-refractivity contribution in [1.29, 1.82) is 0 Å². The number of amides is 2. The number of aryl methyl sites for hydroxylation is 2. The van der Waals surface area contributed by atoms with Gasteiger partial charge in [-0.15, -0.1) is 18.3 Å². The molecule has 0 saturated carbocycles. The highest BCUT2D eigenvalue weighted by atomic mass is 32.2. The van der Waals surface area contributed by atoms with Crippen LogP contribution in [0.25, 0.3) is 0 Å². The van der Waals surface area contributed by atoms with Crippen LogP contribution in [0.2, 0.25) is 0 Å². The first-order valence-corrected chi connectivity index (χ1v) is 15.0. The van der Waals surface area contributed by atoms with Gasteiger partial charge >= 0.3 is 5.97 Å². The number of benzene rings is 1. The summed E-state index contributed by atoms with van der Waals surface area (Å²) in [6, 6.07) is 5.37. The number of carbonyl (C=O) groups is 3. The van der Waals surface area contributed by atoms with Crippen LogP contribution >= 0.6 is 11.8 Å². The zero-order chi connectivity index (χ0) is 28.3. The number of nitrogens with zero attached hydrogens (tertiary/aromatic N) is 2. The van der Waals surface area contributed by atoms with Crippen LogP contribution in [0, 0.1) is 31.6 Å². The normalized spacial score (nSPS) is 28.9. The third-order valence-electron chi connectivity index (χ3n) is 8.64. The summed E-state index contributed by atoms with van der Waals surface area (Å²) in [4.78, 5) is 45.7. The Morgan fingerprint density at radius 3 is 2.64 bits per heavy atom. The van der Waals surface area contributed by atoms with Crippen molar-refractivity contribution in [2.24, 2.45) is 17.8 Å². The second-order valence-electron chi connectivity index (χ2n) is 11.2. The largest absolute Gasteiger partial charge is 0.461 e. The van der Waals surface area contributed by atoms with E-state index in [-0.39, 0.29) is 42.2 Å². The highest BCUT2D eigenvalue weighted by molar-refractivity contribution is 8.02. The zero-order valence-corrected chi connectivity index (χ0v) is 24.3. The van der Waals surface area contributed by atoms with Crippen LogP contribution in [0.1, 0.15) is 50.2 Å². The van der Waals surface area contributed by atoms with E-state index in [1.165, 1.54) is 6.08 Å². The number of aliphatic hydroxyl groups excluding tert-OH is 1. The fraction of sp³-hybridized carbons (Fsp3) is 0.581. The number of thioether (sulfide) groups is 1. The van der Waals surface area contributed by atoms with Crippen LogP contribution in [0.4, 0.5) is 5.69 Å². The number of hydrogen-bond acceptors (Lipinski definition) is 6. The minimum absolute atomic E-state index is 0.0539. The van der Waals surface area contributed by atoms with Crippen molar-refractivity contribution in [3.05, 3.63) is 54.6 Å². The van der Waals surface area contributed by atoms with Gasteiger partial charge in [-0.2, -0.15) is 0 Å². The topological polar surface area (TPSA) is 87.1 Å². The first-order valence-electron chi connectivity index (χ1n) is 14.1.